The molecule has 2 aromatic rings. The minimum absolute atomic E-state index is 0.536. The van der Waals surface area contributed by atoms with E-state index in [9.17, 15) is 4.79 Å². The Morgan fingerprint density at radius 3 is 3.17 bits per heavy atom. The SMILES string of the molecule is Nc1cnc2c(C=O)cccn12. The normalized spacial score (nSPS) is 10.3. The standard InChI is InChI=1S/C8H7N3O/c9-7-4-10-8-6(5-12)2-1-3-11(7)8/h1-5H,9H2. The Morgan fingerprint density at radius 2 is 2.42 bits per heavy atom. The van der Waals surface area contributed by atoms with Crippen molar-refractivity contribution in [2.24, 2.45) is 0 Å². The lowest BCUT2D eigenvalue weighted by atomic mass is 10.3. The Kier molecular flexibility index (Phi) is 1.33. The fraction of sp³-hybridized carbons (Fsp3) is 0. The Balaban J connectivity index is 2.89. The molecule has 2 heterocycles. The fourth-order valence-corrected chi connectivity index (χ4v) is 1.14. The molecule has 0 aliphatic rings. The molecule has 0 aliphatic heterocycles. The van der Waals surface area contributed by atoms with Gasteiger partial charge in [0.25, 0.3) is 0 Å². The predicted molar refractivity (Wildman–Crippen MR) is 45.0 cm³/mol. The van der Waals surface area contributed by atoms with E-state index < -0.39 is 0 Å². The summed E-state index contributed by atoms with van der Waals surface area (Å²) in [5.41, 5.74) is 6.74. The molecule has 0 bridgehead atoms. The van der Waals surface area contributed by atoms with Crippen LogP contribution in [-0.2, 0) is 0 Å². The van der Waals surface area contributed by atoms with Crippen molar-refractivity contribution in [3.8, 4) is 0 Å². The van der Waals surface area contributed by atoms with Crippen molar-refractivity contribution in [2.45, 2.75) is 0 Å². The monoisotopic (exact) mass is 161 g/mol. The third-order valence-corrected chi connectivity index (χ3v) is 1.72. The maximum Gasteiger partial charge on any atom is 0.153 e. The van der Waals surface area contributed by atoms with Crippen molar-refractivity contribution >= 4 is 17.8 Å². The second-order valence-electron chi connectivity index (χ2n) is 2.46. The van der Waals surface area contributed by atoms with Gasteiger partial charge < -0.3 is 5.73 Å². The van der Waals surface area contributed by atoms with Gasteiger partial charge in [-0.15, -0.1) is 0 Å². The van der Waals surface area contributed by atoms with Crippen LogP contribution in [0, 0.1) is 0 Å². The van der Waals surface area contributed by atoms with Crippen LogP contribution in [0.25, 0.3) is 5.65 Å². The lowest BCUT2D eigenvalue weighted by Gasteiger charge is -1.96. The van der Waals surface area contributed by atoms with Gasteiger partial charge in [0.15, 0.2) is 6.29 Å². The molecule has 4 nitrogen and oxygen atoms in total. The molecular formula is C8H7N3O. The molecule has 0 spiro atoms. The van der Waals surface area contributed by atoms with Gasteiger partial charge in [0, 0.05) is 6.20 Å². The van der Waals surface area contributed by atoms with E-state index in [-0.39, 0.29) is 0 Å². The van der Waals surface area contributed by atoms with Crippen LogP contribution < -0.4 is 5.73 Å². The second-order valence-corrected chi connectivity index (χ2v) is 2.46. The number of nitrogen functional groups attached to an aromatic ring is 1. The number of nitrogens with zero attached hydrogens (tertiary/aromatic N) is 2. The predicted octanol–water partition coefficient (Wildman–Crippen LogP) is 0.729. The largest absolute Gasteiger partial charge is 0.383 e. The molecule has 0 atom stereocenters. The number of rotatable bonds is 1. The Bertz CT molecular complexity index is 433. The number of aromatic nitrogens is 2. The van der Waals surface area contributed by atoms with E-state index in [1.165, 1.54) is 6.20 Å². The van der Waals surface area contributed by atoms with E-state index in [4.69, 9.17) is 5.73 Å². The molecule has 0 amide bonds. The van der Waals surface area contributed by atoms with Gasteiger partial charge in [-0.1, -0.05) is 0 Å². The quantitative estimate of drug-likeness (QED) is 0.627. The molecule has 60 valence electrons. The topological polar surface area (TPSA) is 60.4 Å². The minimum Gasteiger partial charge on any atom is -0.383 e. The van der Waals surface area contributed by atoms with Gasteiger partial charge in [0.05, 0.1) is 11.8 Å². The van der Waals surface area contributed by atoms with Gasteiger partial charge >= 0.3 is 0 Å². The lowest BCUT2D eigenvalue weighted by molar-refractivity contribution is 0.112. The molecule has 0 aromatic carbocycles. The summed E-state index contributed by atoms with van der Waals surface area (Å²) in [5.74, 6) is 0.536. The van der Waals surface area contributed by atoms with E-state index in [1.54, 1.807) is 22.7 Å². The third kappa shape index (κ3) is 0.780. The van der Waals surface area contributed by atoms with E-state index >= 15 is 0 Å². The van der Waals surface area contributed by atoms with Crippen LogP contribution in [0.3, 0.4) is 0 Å². The van der Waals surface area contributed by atoms with E-state index in [1.807, 2.05) is 0 Å². The highest BCUT2D eigenvalue weighted by Crippen LogP contribution is 2.10. The average Bonchev–Trinajstić information content (AvgIpc) is 2.48. The van der Waals surface area contributed by atoms with E-state index in [0.717, 1.165) is 6.29 Å². The number of aldehydes is 1. The zero-order valence-corrected chi connectivity index (χ0v) is 6.27. The summed E-state index contributed by atoms with van der Waals surface area (Å²) in [7, 11) is 0. The molecule has 0 fully saturated rings. The van der Waals surface area contributed by atoms with Crippen LogP contribution in [-0.4, -0.2) is 15.7 Å². The summed E-state index contributed by atoms with van der Waals surface area (Å²) < 4.78 is 1.67. The Morgan fingerprint density at radius 1 is 1.58 bits per heavy atom. The number of carbonyl (C=O) groups is 1. The summed E-state index contributed by atoms with van der Waals surface area (Å²) in [6.07, 6.45) is 4.06. The molecule has 12 heavy (non-hydrogen) atoms. The van der Waals surface area contributed by atoms with Crippen LogP contribution in [0.2, 0.25) is 0 Å². The van der Waals surface area contributed by atoms with Crippen LogP contribution in [0.5, 0.6) is 0 Å². The molecule has 4 heteroatoms. The van der Waals surface area contributed by atoms with Gasteiger partial charge in [0.1, 0.15) is 11.5 Å². The summed E-state index contributed by atoms with van der Waals surface area (Å²) >= 11 is 0. The van der Waals surface area contributed by atoms with Crippen molar-refractivity contribution in [1.29, 1.82) is 0 Å². The van der Waals surface area contributed by atoms with Crippen molar-refractivity contribution in [3.05, 3.63) is 30.1 Å². The molecule has 0 aliphatic carbocycles. The van der Waals surface area contributed by atoms with Crippen molar-refractivity contribution in [2.75, 3.05) is 5.73 Å². The summed E-state index contributed by atoms with van der Waals surface area (Å²) in [5, 5.41) is 0. The van der Waals surface area contributed by atoms with Gasteiger partial charge in [0.2, 0.25) is 0 Å². The highest BCUT2D eigenvalue weighted by molar-refractivity contribution is 5.84. The summed E-state index contributed by atoms with van der Waals surface area (Å²) in [6.45, 7) is 0. The maximum absolute atomic E-state index is 10.5. The highest BCUT2D eigenvalue weighted by atomic mass is 16.1. The van der Waals surface area contributed by atoms with Crippen LogP contribution in [0.1, 0.15) is 10.4 Å². The molecule has 2 rings (SSSR count). The molecule has 0 unspecified atom stereocenters. The summed E-state index contributed by atoms with van der Waals surface area (Å²) in [6, 6.07) is 3.46. The first-order chi connectivity index (χ1) is 5.83. The first-order valence-corrected chi connectivity index (χ1v) is 3.49. The smallest absolute Gasteiger partial charge is 0.153 e. The first kappa shape index (κ1) is 6.84. The fourth-order valence-electron chi connectivity index (χ4n) is 1.14. The van der Waals surface area contributed by atoms with Gasteiger partial charge in [-0.2, -0.15) is 0 Å². The minimum atomic E-state index is 0.536. The number of fused-ring (bicyclic) bond motifs is 1. The summed E-state index contributed by atoms with van der Waals surface area (Å²) in [4.78, 5) is 14.5. The molecular weight excluding hydrogens is 154 g/mol. The van der Waals surface area contributed by atoms with Crippen molar-refractivity contribution in [1.82, 2.24) is 9.38 Å². The molecule has 0 saturated carbocycles. The number of pyridine rings is 1. The lowest BCUT2D eigenvalue weighted by Crippen LogP contribution is -1.94. The van der Waals surface area contributed by atoms with Crippen molar-refractivity contribution < 1.29 is 4.79 Å². The van der Waals surface area contributed by atoms with Crippen LogP contribution >= 0.6 is 0 Å². The van der Waals surface area contributed by atoms with E-state index in [0.29, 0.717) is 17.0 Å². The zero-order chi connectivity index (χ0) is 8.55. The van der Waals surface area contributed by atoms with Gasteiger partial charge in [-0.3, -0.25) is 9.20 Å². The molecule has 2 aromatic heterocycles. The first-order valence-electron chi connectivity index (χ1n) is 3.49. The Hall–Kier alpha value is -1.84. The maximum atomic E-state index is 10.5. The average molecular weight is 161 g/mol. The number of anilines is 1. The van der Waals surface area contributed by atoms with Crippen LogP contribution in [0.15, 0.2) is 24.5 Å². The Labute approximate surface area is 68.6 Å². The highest BCUT2D eigenvalue weighted by Gasteiger charge is 2.02. The zero-order valence-electron chi connectivity index (χ0n) is 6.27. The molecule has 2 N–H and O–H groups in total. The molecule has 0 saturated heterocycles. The number of imidazole rings is 1. The van der Waals surface area contributed by atoms with Gasteiger partial charge in [-0.25, -0.2) is 4.98 Å². The third-order valence-electron chi connectivity index (χ3n) is 1.72. The van der Waals surface area contributed by atoms with Gasteiger partial charge in [-0.05, 0) is 12.1 Å². The van der Waals surface area contributed by atoms with Crippen LogP contribution in [0.4, 0.5) is 5.82 Å². The second kappa shape index (κ2) is 2.34. The van der Waals surface area contributed by atoms with E-state index in [2.05, 4.69) is 4.98 Å². The number of hydrogen-bond acceptors (Lipinski definition) is 3. The number of nitrogens with two attached hydrogens (primary N) is 1. The number of carbonyl (C=O) groups excluding carboxylic acids is 1. The number of hydrogen-bond donors (Lipinski definition) is 1. The molecule has 0 radical (unpaired) electrons. The van der Waals surface area contributed by atoms with Crippen molar-refractivity contribution in [3.63, 3.8) is 0 Å².